The average Bonchev–Trinajstić information content (AvgIpc) is 2.45. The number of halogens is 1. The molecule has 0 aromatic carbocycles. The molecular weight excluding hydrogens is 210 g/mol. The van der Waals surface area contributed by atoms with E-state index in [1.807, 2.05) is 6.92 Å². The molecule has 1 unspecified atom stereocenters. The highest BCUT2D eigenvalue weighted by Gasteiger charge is 2.18. The van der Waals surface area contributed by atoms with Gasteiger partial charge in [-0.2, -0.15) is 0 Å². The van der Waals surface area contributed by atoms with Crippen LogP contribution in [0.25, 0.3) is 0 Å². The van der Waals surface area contributed by atoms with Crippen molar-refractivity contribution in [3.05, 3.63) is 20.8 Å². The molecular formula is C8H10ClNO2S. The van der Waals surface area contributed by atoms with Crippen LogP contribution in [0.5, 0.6) is 0 Å². The molecule has 72 valence electrons. The van der Waals surface area contributed by atoms with Gasteiger partial charge in [-0.25, -0.2) is 0 Å². The van der Waals surface area contributed by atoms with Crippen LogP contribution in [-0.4, -0.2) is 11.1 Å². The summed E-state index contributed by atoms with van der Waals surface area (Å²) in [5, 5.41) is 9.26. The van der Waals surface area contributed by atoms with Gasteiger partial charge >= 0.3 is 5.97 Å². The highest BCUT2D eigenvalue weighted by Crippen LogP contribution is 2.30. The molecule has 0 saturated heterocycles. The lowest BCUT2D eigenvalue weighted by atomic mass is 10.2. The highest BCUT2D eigenvalue weighted by molar-refractivity contribution is 7.12. The van der Waals surface area contributed by atoms with Crippen molar-refractivity contribution in [3.63, 3.8) is 0 Å². The smallest absolute Gasteiger partial charge is 0.325 e. The molecule has 13 heavy (non-hydrogen) atoms. The van der Waals surface area contributed by atoms with Crippen molar-refractivity contribution in [3.8, 4) is 0 Å². The predicted octanol–water partition coefficient (Wildman–Crippen LogP) is 2.05. The Kier molecular flexibility index (Phi) is 3.30. The number of carbonyl (C=O) groups is 1. The van der Waals surface area contributed by atoms with E-state index in [-0.39, 0.29) is 0 Å². The van der Waals surface area contributed by atoms with E-state index in [0.29, 0.717) is 9.90 Å². The van der Waals surface area contributed by atoms with Crippen LogP contribution in [0.3, 0.4) is 0 Å². The summed E-state index contributed by atoms with van der Waals surface area (Å²) in [5.41, 5.74) is 5.43. The van der Waals surface area contributed by atoms with E-state index in [9.17, 15) is 4.79 Å². The summed E-state index contributed by atoms with van der Waals surface area (Å²) in [4.78, 5) is 12.1. The summed E-state index contributed by atoms with van der Waals surface area (Å²) in [6.45, 7) is 1.97. The highest BCUT2D eigenvalue weighted by atomic mass is 35.5. The standard InChI is InChI=1S/C8H10ClNO2S/c1-2-5-4(9)3-6(13-5)7(10)8(11)12/h3,7H,2,10H2,1H3,(H,11,12). The number of thiophene rings is 1. The summed E-state index contributed by atoms with van der Waals surface area (Å²) < 4.78 is 0. The molecule has 0 radical (unpaired) electrons. The zero-order valence-electron chi connectivity index (χ0n) is 7.08. The van der Waals surface area contributed by atoms with Gasteiger partial charge in [0, 0.05) is 9.75 Å². The first-order valence-electron chi connectivity index (χ1n) is 3.82. The van der Waals surface area contributed by atoms with E-state index in [4.69, 9.17) is 22.4 Å². The van der Waals surface area contributed by atoms with Gasteiger partial charge < -0.3 is 10.8 Å². The van der Waals surface area contributed by atoms with Gasteiger partial charge in [-0.15, -0.1) is 11.3 Å². The van der Waals surface area contributed by atoms with E-state index in [1.54, 1.807) is 6.07 Å². The first-order valence-corrected chi connectivity index (χ1v) is 5.02. The average molecular weight is 220 g/mol. The number of carboxylic acid groups (broad SMARTS) is 1. The maximum absolute atomic E-state index is 10.5. The first kappa shape index (κ1) is 10.5. The molecule has 3 nitrogen and oxygen atoms in total. The molecule has 1 rings (SSSR count). The number of aliphatic carboxylic acids is 1. The van der Waals surface area contributed by atoms with Crippen LogP contribution in [0.1, 0.15) is 22.7 Å². The number of carboxylic acids is 1. The van der Waals surface area contributed by atoms with Crippen molar-refractivity contribution in [2.75, 3.05) is 0 Å². The first-order chi connectivity index (χ1) is 6.06. The predicted molar refractivity (Wildman–Crippen MR) is 53.3 cm³/mol. The Morgan fingerprint density at radius 1 is 1.85 bits per heavy atom. The minimum absolute atomic E-state index is 0.606. The summed E-state index contributed by atoms with van der Waals surface area (Å²) >= 11 is 7.21. The van der Waals surface area contributed by atoms with E-state index in [1.165, 1.54) is 11.3 Å². The van der Waals surface area contributed by atoms with Gasteiger partial charge in [-0.05, 0) is 12.5 Å². The lowest BCUT2D eigenvalue weighted by molar-refractivity contribution is -0.138. The third-order valence-corrected chi connectivity index (χ3v) is 3.48. The van der Waals surface area contributed by atoms with Crippen LogP contribution in [0.2, 0.25) is 5.02 Å². The summed E-state index contributed by atoms with van der Waals surface area (Å²) in [7, 11) is 0. The van der Waals surface area contributed by atoms with Gasteiger partial charge in [0.05, 0.1) is 5.02 Å². The number of rotatable bonds is 3. The number of hydrogen-bond donors (Lipinski definition) is 2. The minimum Gasteiger partial charge on any atom is -0.480 e. The van der Waals surface area contributed by atoms with Gasteiger partial charge in [0.15, 0.2) is 0 Å². The molecule has 0 amide bonds. The second-order valence-corrected chi connectivity index (χ2v) is 4.16. The van der Waals surface area contributed by atoms with Gasteiger partial charge in [0.25, 0.3) is 0 Å². The number of hydrogen-bond acceptors (Lipinski definition) is 3. The molecule has 0 saturated carbocycles. The van der Waals surface area contributed by atoms with Crippen LogP contribution < -0.4 is 5.73 Å². The summed E-state index contributed by atoms with van der Waals surface area (Å²) in [5.74, 6) is -1.03. The molecule has 0 bridgehead atoms. The van der Waals surface area contributed by atoms with Crippen molar-refractivity contribution in [1.82, 2.24) is 0 Å². The van der Waals surface area contributed by atoms with Gasteiger partial charge in [-0.3, -0.25) is 4.79 Å². The molecule has 1 atom stereocenters. The largest absolute Gasteiger partial charge is 0.480 e. The van der Waals surface area contributed by atoms with E-state index < -0.39 is 12.0 Å². The van der Waals surface area contributed by atoms with Crippen molar-refractivity contribution in [2.24, 2.45) is 5.73 Å². The molecule has 0 spiro atoms. The van der Waals surface area contributed by atoms with Crippen molar-refractivity contribution >= 4 is 28.9 Å². The zero-order chi connectivity index (χ0) is 10.0. The Hall–Kier alpha value is -0.580. The monoisotopic (exact) mass is 219 g/mol. The van der Waals surface area contributed by atoms with E-state index in [0.717, 1.165) is 11.3 Å². The molecule has 1 heterocycles. The van der Waals surface area contributed by atoms with Gasteiger partial charge in [0.2, 0.25) is 0 Å². The fourth-order valence-electron chi connectivity index (χ4n) is 0.942. The maximum Gasteiger partial charge on any atom is 0.325 e. The summed E-state index contributed by atoms with van der Waals surface area (Å²) in [6, 6.07) is 0.673. The second kappa shape index (κ2) is 4.09. The van der Waals surface area contributed by atoms with E-state index >= 15 is 0 Å². The molecule has 1 aromatic rings. The van der Waals surface area contributed by atoms with Crippen LogP contribution in [0, 0.1) is 0 Å². The fourth-order valence-corrected chi connectivity index (χ4v) is 2.36. The maximum atomic E-state index is 10.5. The van der Waals surface area contributed by atoms with Crippen LogP contribution in [-0.2, 0) is 11.2 Å². The minimum atomic E-state index is -1.03. The summed E-state index contributed by atoms with van der Waals surface area (Å²) in [6.07, 6.45) is 0.801. The second-order valence-electron chi connectivity index (χ2n) is 2.59. The van der Waals surface area contributed by atoms with Crippen LogP contribution >= 0.6 is 22.9 Å². The van der Waals surface area contributed by atoms with Crippen molar-refractivity contribution in [1.29, 1.82) is 0 Å². The molecule has 0 aliphatic rings. The van der Waals surface area contributed by atoms with Crippen LogP contribution in [0.4, 0.5) is 0 Å². The number of nitrogens with two attached hydrogens (primary N) is 1. The molecule has 0 aliphatic carbocycles. The van der Waals surface area contributed by atoms with Gasteiger partial charge in [-0.1, -0.05) is 18.5 Å². The molecule has 5 heteroatoms. The number of aryl methyl sites for hydroxylation is 1. The Morgan fingerprint density at radius 2 is 2.46 bits per heavy atom. The fraction of sp³-hybridized carbons (Fsp3) is 0.375. The van der Waals surface area contributed by atoms with Crippen molar-refractivity contribution < 1.29 is 9.90 Å². The normalized spacial score (nSPS) is 12.8. The zero-order valence-corrected chi connectivity index (χ0v) is 8.65. The lowest BCUT2D eigenvalue weighted by Crippen LogP contribution is -2.19. The van der Waals surface area contributed by atoms with Gasteiger partial charge in [0.1, 0.15) is 6.04 Å². The third kappa shape index (κ3) is 2.21. The Balaban J connectivity index is 2.96. The third-order valence-electron chi connectivity index (χ3n) is 1.67. The van der Waals surface area contributed by atoms with Crippen LogP contribution in [0.15, 0.2) is 6.07 Å². The lowest BCUT2D eigenvalue weighted by Gasteiger charge is -2.00. The Labute approximate surface area is 85.1 Å². The molecule has 3 N–H and O–H groups in total. The Morgan fingerprint density at radius 3 is 2.85 bits per heavy atom. The quantitative estimate of drug-likeness (QED) is 0.818. The Bertz CT molecular complexity index is 324. The topological polar surface area (TPSA) is 63.3 Å². The SMILES string of the molecule is CCc1sc(C(N)C(=O)O)cc1Cl. The van der Waals surface area contributed by atoms with Crippen molar-refractivity contribution in [2.45, 2.75) is 19.4 Å². The van der Waals surface area contributed by atoms with E-state index in [2.05, 4.69) is 0 Å². The molecule has 1 aromatic heterocycles. The molecule has 0 fully saturated rings. The molecule has 0 aliphatic heterocycles.